The van der Waals surface area contributed by atoms with Crippen LogP contribution in [0.15, 0.2) is 0 Å². The molecule has 0 atom stereocenters. The lowest BCUT2D eigenvalue weighted by molar-refractivity contribution is 0.563. The van der Waals surface area contributed by atoms with Crippen LogP contribution in [0.4, 0.5) is 0 Å². The Hall–Kier alpha value is -1.34. The van der Waals surface area contributed by atoms with Gasteiger partial charge >= 0.3 is 0 Å². The minimum absolute atomic E-state index is 0.482. The maximum Gasteiger partial charge on any atom is 0.0641 e. The normalized spacial score (nSPS) is 10.8. The summed E-state index contributed by atoms with van der Waals surface area (Å²) in [5.41, 5.74) is 3.59. The fraction of sp³-hybridized carbons (Fsp3) is 0.692. The van der Waals surface area contributed by atoms with Crippen molar-refractivity contribution < 1.29 is 0 Å². The number of aryl methyl sites for hydroxylation is 2. The lowest BCUT2D eigenvalue weighted by Crippen LogP contribution is -2.22. The number of nitrogens with one attached hydrogen (secondary N) is 1. The summed E-state index contributed by atoms with van der Waals surface area (Å²) in [5.74, 6) is 0. The molecule has 1 heterocycles. The maximum atomic E-state index is 8.53. The van der Waals surface area contributed by atoms with E-state index in [1.807, 2.05) is 11.6 Å². The molecule has 1 rings (SSSR count). The molecule has 1 aromatic heterocycles. The fourth-order valence-electron chi connectivity index (χ4n) is 1.82. The molecule has 4 heteroatoms. The third kappa shape index (κ3) is 3.86. The van der Waals surface area contributed by atoms with Crippen molar-refractivity contribution in [2.24, 2.45) is 0 Å². The van der Waals surface area contributed by atoms with Crippen molar-refractivity contribution in [3.63, 3.8) is 0 Å². The number of hydrogen-bond acceptors (Lipinski definition) is 3. The van der Waals surface area contributed by atoms with Gasteiger partial charge in [-0.3, -0.25) is 4.68 Å². The van der Waals surface area contributed by atoms with Crippen LogP contribution in [0.3, 0.4) is 0 Å². The summed E-state index contributed by atoms with van der Waals surface area (Å²) in [7, 11) is 0. The standard InChI is InChI=1S/C13H22N4/c1-10(2)15-9-13-11(3)16-17(12(13)4)8-6-5-7-14/h10,15H,5-6,8-9H2,1-4H3. The molecule has 1 N–H and O–H groups in total. The van der Waals surface area contributed by atoms with Crippen LogP contribution in [0, 0.1) is 25.2 Å². The summed E-state index contributed by atoms with van der Waals surface area (Å²) in [6, 6.07) is 2.65. The summed E-state index contributed by atoms with van der Waals surface area (Å²) < 4.78 is 2.02. The third-order valence-electron chi connectivity index (χ3n) is 2.88. The lowest BCUT2D eigenvalue weighted by Gasteiger charge is -2.08. The van der Waals surface area contributed by atoms with Crippen molar-refractivity contribution in [3.8, 4) is 6.07 Å². The van der Waals surface area contributed by atoms with Gasteiger partial charge in [-0.2, -0.15) is 10.4 Å². The Morgan fingerprint density at radius 3 is 2.71 bits per heavy atom. The second-order valence-electron chi connectivity index (χ2n) is 4.67. The number of rotatable bonds is 6. The smallest absolute Gasteiger partial charge is 0.0641 e. The van der Waals surface area contributed by atoms with Crippen molar-refractivity contribution in [2.45, 2.75) is 59.7 Å². The molecule has 0 aliphatic carbocycles. The van der Waals surface area contributed by atoms with Gasteiger partial charge in [-0.1, -0.05) is 13.8 Å². The first-order valence-corrected chi connectivity index (χ1v) is 6.19. The van der Waals surface area contributed by atoms with Gasteiger partial charge in [-0.25, -0.2) is 0 Å². The molecule has 1 aromatic rings. The van der Waals surface area contributed by atoms with E-state index in [2.05, 4.69) is 37.3 Å². The van der Waals surface area contributed by atoms with E-state index in [1.54, 1.807) is 0 Å². The largest absolute Gasteiger partial charge is 0.310 e. The quantitative estimate of drug-likeness (QED) is 0.768. The first-order valence-electron chi connectivity index (χ1n) is 6.19. The molecule has 0 amide bonds. The minimum Gasteiger partial charge on any atom is -0.310 e. The number of hydrogen-bond donors (Lipinski definition) is 1. The van der Waals surface area contributed by atoms with Crippen molar-refractivity contribution in [1.29, 1.82) is 5.26 Å². The summed E-state index contributed by atoms with van der Waals surface area (Å²) in [6.07, 6.45) is 1.47. The molecule has 0 aromatic carbocycles. The molecule has 0 fully saturated rings. The van der Waals surface area contributed by atoms with Crippen LogP contribution in [-0.4, -0.2) is 15.8 Å². The number of nitrogens with zero attached hydrogens (tertiary/aromatic N) is 3. The Labute approximate surface area is 104 Å². The summed E-state index contributed by atoms with van der Waals surface area (Å²) in [6.45, 7) is 10.1. The second kappa shape index (κ2) is 6.41. The van der Waals surface area contributed by atoms with Gasteiger partial charge in [-0.15, -0.1) is 0 Å². The van der Waals surface area contributed by atoms with E-state index < -0.39 is 0 Å². The van der Waals surface area contributed by atoms with Gasteiger partial charge in [0.05, 0.1) is 11.8 Å². The molecular weight excluding hydrogens is 212 g/mol. The molecule has 0 spiro atoms. The van der Waals surface area contributed by atoms with E-state index >= 15 is 0 Å². The second-order valence-corrected chi connectivity index (χ2v) is 4.67. The predicted molar refractivity (Wildman–Crippen MR) is 68.5 cm³/mol. The van der Waals surface area contributed by atoms with Gasteiger partial charge in [0.1, 0.15) is 0 Å². The minimum atomic E-state index is 0.482. The van der Waals surface area contributed by atoms with Gasteiger partial charge in [0.2, 0.25) is 0 Å². The molecule has 0 unspecified atom stereocenters. The SMILES string of the molecule is Cc1nn(CCCC#N)c(C)c1CNC(C)C. The predicted octanol–water partition coefficient (Wildman–Crippen LogP) is 2.30. The molecule has 0 radical (unpaired) electrons. The average molecular weight is 234 g/mol. The number of nitriles is 1. The van der Waals surface area contributed by atoms with Gasteiger partial charge < -0.3 is 5.32 Å². The highest BCUT2D eigenvalue weighted by Crippen LogP contribution is 2.13. The Balaban J connectivity index is 2.69. The van der Waals surface area contributed by atoms with Crippen LogP contribution < -0.4 is 5.32 Å². The van der Waals surface area contributed by atoms with Crippen LogP contribution in [0.1, 0.15) is 43.6 Å². The fourth-order valence-corrected chi connectivity index (χ4v) is 1.82. The van der Waals surface area contributed by atoms with Gasteiger partial charge in [0, 0.05) is 36.8 Å². The highest BCUT2D eigenvalue weighted by Gasteiger charge is 2.11. The van der Waals surface area contributed by atoms with E-state index in [0.717, 1.165) is 25.2 Å². The molecule has 0 bridgehead atoms. The Kier molecular flexibility index (Phi) is 5.17. The van der Waals surface area contributed by atoms with E-state index in [-0.39, 0.29) is 0 Å². The Bertz CT molecular complexity index is 398. The van der Waals surface area contributed by atoms with Crippen LogP contribution in [0.2, 0.25) is 0 Å². The van der Waals surface area contributed by atoms with Crippen LogP contribution in [0.5, 0.6) is 0 Å². The van der Waals surface area contributed by atoms with E-state index in [9.17, 15) is 0 Å². The van der Waals surface area contributed by atoms with Gasteiger partial charge in [-0.05, 0) is 20.3 Å². The zero-order chi connectivity index (χ0) is 12.8. The third-order valence-corrected chi connectivity index (χ3v) is 2.88. The van der Waals surface area contributed by atoms with Crippen molar-refractivity contribution in [2.75, 3.05) is 0 Å². The van der Waals surface area contributed by atoms with Crippen LogP contribution in [-0.2, 0) is 13.1 Å². The zero-order valence-electron chi connectivity index (χ0n) is 11.2. The van der Waals surface area contributed by atoms with Crippen molar-refractivity contribution in [3.05, 3.63) is 17.0 Å². The maximum absolute atomic E-state index is 8.53. The first kappa shape index (κ1) is 13.7. The lowest BCUT2D eigenvalue weighted by atomic mass is 10.2. The molecule has 4 nitrogen and oxygen atoms in total. The molecule has 17 heavy (non-hydrogen) atoms. The van der Waals surface area contributed by atoms with E-state index in [0.29, 0.717) is 12.5 Å². The average Bonchev–Trinajstić information content (AvgIpc) is 2.52. The topological polar surface area (TPSA) is 53.6 Å². The highest BCUT2D eigenvalue weighted by molar-refractivity contribution is 5.24. The molecule has 0 aliphatic rings. The molecule has 0 saturated carbocycles. The van der Waals surface area contributed by atoms with Crippen LogP contribution in [0.25, 0.3) is 0 Å². The van der Waals surface area contributed by atoms with Crippen molar-refractivity contribution in [1.82, 2.24) is 15.1 Å². The molecule has 0 saturated heterocycles. The van der Waals surface area contributed by atoms with Crippen LogP contribution >= 0.6 is 0 Å². The highest BCUT2D eigenvalue weighted by atomic mass is 15.3. The number of unbranched alkanes of at least 4 members (excludes halogenated alkanes) is 1. The summed E-state index contributed by atoms with van der Waals surface area (Å²) in [4.78, 5) is 0. The van der Waals surface area contributed by atoms with Gasteiger partial charge in [0.25, 0.3) is 0 Å². The molecule has 0 aliphatic heterocycles. The monoisotopic (exact) mass is 234 g/mol. The first-order chi connectivity index (χ1) is 8.06. The molecule has 94 valence electrons. The van der Waals surface area contributed by atoms with Gasteiger partial charge in [0.15, 0.2) is 0 Å². The zero-order valence-corrected chi connectivity index (χ0v) is 11.2. The molecular formula is C13H22N4. The van der Waals surface area contributed by atoms with E-state index in [4.69, 9.17) is 5.26 Å². The van der Waals surface area contributed by atoms with E-state index in [1.165, 1.54) is 11.3 Å². The summed E-state index contributed by atoms with van der Waals surface area (Å²) in [5, 5.41) is 16.5. The summed E-state index contributed by atoms with van der Waals surface area (Å²) >= 11 is 0. The Morgan fingerprint density at radius 1 is 1.41 bits per heavy atom. The number of aromatic nitrogens is 2. The van der Waals surface area contributed by atoms with Crippen molar-refractivity contribution >= 4 is 0 Å². The Morgan fingerprint density at radius 2 is 2.12 bits per heavy atom.